The Morgan fingerprint density at radius 2 is 1.30 bits per heavy atom. The fourth-order valence-corrected chi connectivity index (χ4v) is 12.4. The second-order valence-electron chi connectivity index (χ2n) is 20.0. The quantitative estimate of drug-likeness (QED) is 0.0231. The lowest BCUT2D eigenvalue weighted by atomic mass is 9.98. The molecule has 4 aliphatic heterocycles. The molecular formula is C60H69N7O13S2. The van der Waals surface area contributed by atoms with Crippen LogP contribution in [0.2, 0.25) is 0 Å². The summed E-state index contributed by atoms with van der Waals surface area (Å²) in [6.45, 7) is 12.2. The molecule has 22 heteroatoms. The van der Waals surface area contributed by atoms with Crippen molar-refractivity contribution in [2.24, 2.45) is 0 Å². The van der Waals surface area contributed by atoms with E-state index in [1.165, 1.54) is 26.4 Å². The number of ether oxygens (including phenoxy) is 8. The SMILES string of the molecule is C=C1CN[C@H](C2OCCN2C(=O)OCCSSc2ccccn2)C1.C=C1C[C@@H](C2OCCN2C(=O)OCC2c3ccccc3-c3ccccc32)N(C(=O)c2cc(OC)c(OCCCCCOc3cc(N)c(C(=O)O)cc3OC)cc2N)C1. The number of carbonyl (C=O) groups is 4. The van der Waals surface area contributed by atoms with Gasteiger partial charge in [0.05, 0.1) is 82.6 Å². The van der Waals surface area contributed by atoms with Crippen molar-refractivity contribution in [2.75, 3.05) is 97.3 Å². The van der Waals surface area contributed by atoms with E-state index >= 15 is 0 Å². The van der Waals surface area contributed by atoms with Crippen molar-refractivity contribution >= 4 is 57.0 Å². The molecule has 4 aromatic carbocycles. The molecule has 3 amide bonds. The van der Waals surface area contributed by atoms with E-state index in [-0.39, 0.29) is 71.6 Å². The van der Waals surface area contributed by atoms with Crippen LogP contribution >= 0.6 is 21.6 Å². The van der Waals surface area contributed by atoms with Crippen molar-refractivity contribution in [3.63, 3.8) is 0 Å². The van der Waals surface area contributed by atoms with Gasteiger partial charge < -0.3 is 64.7 Å². The van der Waals surface area contributed by atoms with E-state index in [4.69, 9.17) is 49.4 Å². The third-order valence-electron chi connectivity index (χ3n) is 14.6. The number of hydrogen-bond donors (Lipinski definition) is 4. The van der Waals surface area contributed by atoms with Gasteiger partial charge >= 0.3 is 18.2 Å². The zero-order chi connectivity index (χ0) is 57.7. The van der Waals surface area contributed by atoms with Gasteiger partial charge in [-0.2, -0.15) is 0 Å². The van der Waals surface area contributed by atoms with Crippen LogP contribution in [0.4, 0.5) is 21.0 Å². The van der Waals surface area contributed by atoms with Crippen LogP contribution in [0.1, 0.15) is 69.9 Å². The number of benzene rings is 4. The third kappa shape index (κ3) is 14.0. The molecule has 20 nitrogen and oxygen atoms in total. The fourth-order valence-electron chi connectivity index (χ4n) is 10.6. The average molecular weight is 1160 g/mol. The molecule has 4 atom stereocenters. The number of nitrogen functional groups attached to an aromatic ring is 2. The number of nitrogens with two attached hydrogens (primary N) is 2. The summed E-state index contributed by atoms with van der Waals surface area (Å²) in [5, 5.41) is 13.6. The van der Waals surface area contributed by atoms with Crippen LogP contribution in [-0.4, -0.2) is 159 Å². The number of fused-ring (bicyclic) bond motifs is 3. The zero-order valence-electron chi connectivity index (χ0n) is 46.0. The van der Waals surface area contributed by atoms with Gasteiger partial charge in [0, 0.05) is 54.8 Å². The molecule has 0 spiro atoms. The third-order valence-corrected chi connectivity index (χ3v) is 16.8. The Labute approximate surface area is 484 Å². The Kier molecular flexibility index (Phi) is 20.1. The van der Waals surface area contributed by atoms with Gasteiger partial charge in [0.1, 0.15) is 18.2 Å². The van der Waals surface area contributed by atoms with Gasteiger partial charge in [0.2, 0.25) is 0 Å². The van der Waals surface area contributed by atoms with Crippen molar-refractivity contribution in [3.05, 3.63) is 144 Å². The predicted octanol–water partition coefficient (Wildman–Crippen LogP) is 9.11. The van der Waals surface area contributed by atoms with E-state index in [0.717, 1.165) is 57.8 Å². The van der Waals surface area contributed by atoms with Crippen molar-refractivity contribution in [1.29, 1.82) is 0 Å². The van der Waals surface area contributed by atoms with Gasteiger partial charge in [0.15, 0.2) is 35.5 Å². The van der Waals surface area contributed by atoms with Crippen LogP contribution in [0.3, 0.4) is 0 Å². The van der Waals surface area contributed by atoms with Crippen LogP contribution in [0.15, 0.2) is 127 Å². The Hall–Kier alpha value is -7.63. The number of anilines is 2. The van der Waals surface area contributed by atoms with E-state index in [0.29, 0.717) is 88.4 Å². The van der Waals surface area contributed by atoms with Gasteiger partial charge in [0.25, 0.3) is 5.91 Å². The molecule has 6 N–H and O–H groups in total. The number of pyridine rings is 1. The number of aromatic nitrogens is 1. The van der Waals surface area contributed by atoms with Crippen LogP contribution in [0, 0.1) is 0 Å². The molecule has 0 bridgehead atoms. The maximum Gasteiger partial charge on any atom is 0.412 e. The Morgan fingerprint density at radius 3 is 1.91 bits per heavy atom. The minimum atomic E-state index is -1.15. The van der Waals surface area contributed by atoms with Crippen LogP contribution in [-0.2, 0) is 18.9 Å². The number of carboxylic acid groups (broad SMARTS) is 1. The molecule has 10 rings (SSSR count). The highest BCUT2D eigenvalue weighted by Gasteiger charge is 2.46. The normalized spacial score (nSPS) is 19.1. The number of hydrogen-bond acceptors (Lipinski definition) is 18. The second-order valence-corrected chi connectivity index (χ2v) is 22.5. The number of aromatic carboxylic acids is 1. The summed E-state index contributed by atoms with van der Waals surface area (Å²) in [5.41, 5.74) is 19.3. The van der Waals surface area contributed by atoms with Crippen LogP contribution < -0.4 is 35.7 Å². The molecule has 1 aliphatic carbocycles. The van der Waals surface area contributed by atoms with Gasteiger partial charge in [-0.1, -0.05) is 89.7 Å². The molecule has 82 heavy (non-hydrogen) atoms. The summed E-state index contributed by atoms with van der Waals surface area (Å²) >= 11 is 0. The molecule has 0 radical (unpaired) electrons. The van der Waals surface area contributed by atoms with E-state index in [2.05, 4.69) is 47.7 Å². The number of methoxy groups -OCH3 is 2. The highest BCUT2D eigenvalue weighted by atomic mass is 33.1. The number of nitrogens with one attached hydrogen (secondary N) is 1. The number of likely N-dealkylation sites (tertiary alicyclic amines) is 1. The summed E-state index contributed by atoms with van der Waals surface area (Å²) < 4.78 is 45.9. The van der Waals surface area contributed by atoms with Crippen LogP contribution in [0.25, 0.3) is 11.1 Å². The molecule has 4 fully saturated rings. The number of carboxylic acids is 1. The predicted molar refractivity (Wildman–Crippen MR) is 313 cm³/mol. The van der Waals surface area contributed by atoms with Crippen molar-refractivity contribution in [3.8, 4) is 34.1 Å². The zero-order valence-corrected chi connectivity index (χ0v) is 47.6. The molecular weight excluding hydrogens is 1090 g/mol. The van der Waals surface area contributed by atoms with Crippen molar-refractivity contribution in [2.45, 2.75) is 67.6 Å². The summed E-state index contributed by atoms with van der Waals surface area (Å²) in [5.74, 6) is 0.533. The molecule has 1 aromatic heterocycles. The lowest BCUT2D eigenvalue weighted by molar-refractivity contribution is -0.0211. The minimum Gasteiger partial charge on any atom is -0.493 e. The minimum absolute atomic E-state index is 0.0562. The number of nitrogens with zero attached hydrogens (tertiary/aromatic N) is 4. The van der Waals surface area contributed by atoms with Crippen molar-refractivity contribution in [1.82, 2.24) is 25.0 Å². The number of carbonyl (C=O) groups excluding carboxylic acids is 3. The monoisotopic (exact) mass is 1160 g/mol. The summed E-state index contributed by atoms with van der Waals surface area (Å²) in [4.78, 5) is 60.7. The van der Waals surface area contributed by atoms with E-state index < -0.39 is 24.3 Å². The maximum absolute atomic E-state index is 14.2. The Morgan fingerprint density at radius 1 is 0.707 bits per heavy atom. The lowest BCUT2D eigenvalue weighted by Gasteiger charge is -2.33. The molecule has 5 heterocycles. The lowest BCUT2D eigenvalue weighted by Crippen LogP contribution is -2.51. The molecule has 0 saturated carbocycles. The van der Waals surface area contributed by atoms with E-state index in [1.54, 1.807) is 54.6 Å². The smallest absolute Gasteiger partial charge is 0.412 e. The van der Waals surface area contributed by atoms with E-state index in [1.807, 2.05) is 42.5 Å². The number of unbranched alkanes of at least 4 members (excludes halogenated alkanes) is 2. The first-order chi connectivity index (χ1) is 39.8. The molecule has 434 valence electrons. The number of amides is 3. The van der Waals surface area contributed by atoms with Gasteiger partial charge in [-0.3, -0.25) is 14.6 Å². The maximum atomic E-state index is 14.2. The van der Waals surface area contributed by atoms with Gasteiger partial charge in [-0.05, 0) is 83.4 Å². The first-order valence-electron chi connectivity index (χ1n) is 27.1. The van der Waals surface area contributed by atoms with Crippen molar-refractivity contribution < 1.29 is 62.2 Å². The second kappa shape index (κ2) is 27.9. The number of rotatable bonds is 21. The average Bonchev–Trinajstić information content (AvgIpc) is 4.47. The fraction of sp³-hybridized carbons (Fsp3) is 0.383. The van der Waals surface area contributed by atoms with Crippen LogP contribution in [0.5, 0.6) is 23.0 Å². The molecule has 5 aliphatic rings. The first kappa shape index (κ1) is 59.0. The first-order valence-corrected chi connectivity index (χ1v) is 29.5. The molecule has 2 unspecified atom stereocenters. The van der Waals surface area contributed by atoms with E-state index in [9.17, 15) is 24.3 Å². The standard InChI is InChI=1S/C44H48N4O10.C16H21N3O3S2/c1-26-19-36(42-47(15-18-57-42)44(52)58-25-33-29-13-7-5-11-27(29)28-12-6-8-14-30(28)33)48(24-26)41(49)31-20-37(53-2)39(22-34(31)45)55-16-9-4-10-17-56-40-23-35(46)32(43(50)51)21-38(40)54-3;1-12-10-13(18-11-12)15-19(6-7-21-15)16(20)22-8-9-23-24-14-4-2-3-5-17-14/h5-8,11-14,20-23,33,36,42H,1,4,9-10,15-19,24-25,45-46H2,2-3H3,(H,50,51);2-5,13,15,18H,1,6-11H2/t36-,42?;13-,15?/m00/s1. The Balaban J connectivity index is 0.000000280. The molecule has 4 saturated heterocycles. The largest absolute Gasteiger partial charge is 0.493 e. The summed E-state index contributed by atoms with van der Waals surface area (Å²) in [6.07, 6.45) is 3.39. The van der Waals surface area contributed by atoms with Gasteiger partial charge in [-0.25, -0.2) is 19.4 Å². The molecule has 5 aromatic rings. The highest BCUT2D eigenvalue weighted by Crippen LogP contribution is 2.45. The summed E-state index contributed by atoms with van der Waals surface area (Å²) in [7, 11) is 6.13. The summed E-state index contributed by atoms with van der Waals surface area (Å²) in [6, 6.07) is 27.7. The Bertz CT molecular complexity index is 3070. The highest BCUT2D eigenvalue weighted by molar-refractivity contribution is 8.76. The van der Waals surface area contributed by atoms with Gasteiger partial charge in [-0.15, -0.1) is 0 Å². The topological polar surface area (TPSA) is 249 Å².